The van der Waals surface area contributed by atoms with E-state index in [-0.39, 0.29) is 10.4 Å². The van der Waals surface area contributed by atoms with Gasteiger partial charge in [0.25, 0.3) is 5.91 Å². The summed E-state index contributed by atoms with van der Waals surface area (Å²) in [7, 11) is 1.29. The molecule has 0 unspecified atom stereocenters. The summed E-state index contributed by atoms with van der Waals surface area (Å²) < 4.78 is 18.4. The number of carbonyl (C=O) groups is 2. The van der Waals surface area contributed by atoms with Crippen molar-refractivity contribution >= 4 is 50.9 Å². The largest absolute Gasteiger partial charge is 0.465 e. The van der Waals surface area contributed by atoms with E-state index in [4.69, 9.17) is 9.72 Å². The van der Waals surface area contributed by atoms with Crippen molar-refractivity contribution in [3.63, 3.8) is 0 Å². The van der Waals surface area contributed by atoms with Crippen LogP contribution in [0.1, 0.15) is 25.7 Å². The van der Waals surface area contributed by atoms with Gasteiger partial charge in [0.05, 0.1) is 18.5 Å². The van der Waals surface area contributed by atoms with Gasteiger partial charge in [-0.25, -0.2) is 14.2 Å². The molecular formula is C21H20FN3O3S2. The predicted molar refractivity (Wildman–Crippen MR) is 118 cm³/mol. The Balaban J connectivity index is 1.66. The van der Waals surface area contributed by atoms with E-state index in [0.29, 0.717) is 15.9 Å². The van der Waals surface area contributed by atoms with Gasteiger partial charge < -0.3 is 10.1 Å². The van der Waals surface area contributed by atoms with Crippen LogP contribution in [0.4, 0.5) is 10.1 Å². The number of fused-ring (bicyclic) bond motifs is 1. The highest BCUT2D eigenvalue weighted by Crippen LogP contribution is 2.36. The number of amides is 1. The molecular weight excluding hydrogens is 425 g/mol. The van der Waals surface area contributed by atoms with Crippen LogP contribution in [0.15, 0.2) is 36.4 Å². The third-order valence-corrected chi connectivity index (χ3v) is 6.82. The lowest BCUT2D eigenvalue weighted by atomic mass is 10.2. The van der Waals surface area contributed by atoms with Crippen LogP contribution < -0.4 is 5.32 Å². The molecule has 1 amide bonds. The Hall–Kier alpha value is -2.49. The monoisotopic (exact) mass is 445 g/mol. The number of carbonyl (C=O) groups excluding carboxylic acids is 2. The lowest BCUT2D eigenvalue weighted by Crippen LogP contribution is -2.32. The smallest absolute Gasteiger partial charge is 0.350 e. The van der Waals surface area contributed by atoms with Gasteiger partial charge in [-0.3, -0.25) is 9.69 Å². The van der Waals surface area contributed by atoms with Crippen LogP contribution in [-0.2, 0) is 11.3 Å². The molecule has 6 nitrogen and oxygen atoms in total. The summed E-state index contributed by atoms with van der Waals surface area (Å²) in [5.74, 6) is 0.665. The van der Waals surface area contributed by atoms with Gasteiger partial charge in [-0.1, -0.05) is 6.07 Å². The number of ether oxygens (including phenoxy) is 1. The van der Waals surface area contributed by atoms with Crippen LogP contribution in [0, 0.1) is 5.82 Å². The van der Waals surface area contributed by atoms with Gasteiger partial charge in [-0.05, 0) is 30.3 Å². The molecule has 1 aliphatic heterocycles. The highest BCUT2D eigenvalue weighted by Gasteiger charge is 2.23. The van der Waals surface area contributed by atoms with Gasteiger partial charge in [-0.15, -0.1) is 11.3 Å². The van der Waals surface area contributed by atoms with Gasteiger partial charge in [0, 0.05) is 42.1 Å². The normalized spacial score (nSPS) is 14.6. The summed E-state index contributed by atoms with van der Waals surface area (Å²) in [6.45, 7) is 2.79. The zero-order valence-corrected chi connectivity index (χ0v) is 17.9. The molecule has 3 aromatic rings. The van der Waals surface area contributed by atoms with E-state index in [2.05, 4.69) is 10.2 Å². The Bertz CT molecular complexity index is 1100. The molecule has 1 saturated heterocycles. The average Bonchev–Trinajstić information content (AvgIpc) is 3.11. The molecule has 9 heteroatoms. The summed E-state index contributed by atoms with van der Waals surface area (Å²) >= 11 is 3.13. The number of aromatic nitrogens is 1. The van der Waals surface area contributed by atoms with E-state index in [1.807, 2.05) is 23.9 Å². The number of methoxy groups -OCH3 is 1. The third kappa shape index (κ3) is 4.48. The van der Waals surface area contributed by atoms with Gasteiger partial charge in [-0.2, -0.15) is 11.8 Å². The number of pyridine rings is 1. The summed E-state index contributed by atoms with van der Waals surface area (Å²) in [5, 5.41) is 3.40. The van der Waals surface area contributed by atoms with Crippen LogP contribution in [0.2, 0.25) is 0 Å². The number of hydrogen-bond acceptors (Lipinski definition) is 7. The molecule has 0 spiro atoms. The van der Waals surface area contributed by atoms with E-state index in [0.717, 1.165) is 42.9 Å². The van der Waals surface area contributed by atoms with Crippen molar-refractivity contribution in [3.05, 3.63) is 58.3 Å². The number of esters is 1. The number of anilines is 1. The number of nitrogens with one attached hydrogen (secondary N) is 1. The zero-order valence-electron chi connectivity index (χ0n) is 16.3. The minimum Gasteiger partial charge on any atom is -0.465 e. The number of hydrogen-bond donors (Lipinski definition) is 1. The number of rotatable bonds is 5. The molecule has 2 aromatic heterocycles. The van der Waals surface area contributed by atoms with E-state index >= 15 is 0 Å². The molecule has 0 radical (unpaired) electrons. The second kappa shape index (κ2) is 9.11. The fourth-order valence-corrected chi connectivity index (χ4v) is 5.31. The van der Waals surface area contributed by atoms with Gasteiger partial charge in [0.1, 0.15) is 15.5 Å². The fraction of sp³-hybridized carbons (Fsp3) is 0.286. The van der Waals surface area contributed by atoms with Crippen LogP contribution in [0.5, 0.6) is 0 Å². The molecule has 1 fully saturated rings. The van der Waals surface area contributed by atoms with Crippen molar-refractivity contribution in [2.24, 2.45) is 0 Å². The van der Waals surface area contributed by atoms with Crippen molar-refractivity contribution < 1.29 is 18.7 Å². The first-order chi connectivity index (χ1) is 14.5. The van der Waals surface area contributed by atoms with Crippen LogP contribution in [0.25, 0.3) is 10.2 Å². The lowest BCUT2D eigenvalue weighted by Gasteiger charge is -2.25. The van der Waals surface area contributed by atoms with Crippen molar-refractivity contribution in [3.8, 4) is 0 Å². The molecule has 1 aromatic carbocycles. The molecule has 3 heterocycles. The van der Waals surface area contributed by atoms with Crippen LogP contribution >= 0.6 is 23.1 Å². The number of thioether (sulfide) groups is 1. The second-order valence-corrected chi connectivity index (χ2v) is 9.03. The summed E-state index contributed by atoms with van der Waals surface area (Å²) in [4.78, 5) is 32.9. The maximum Gasteiger partial charge on any atom is 0.350 e. The average molecular weight is 446 g/mol. The summed E-state index contributed by atoms with van der Waals surface area (Å²) in [6.07, 6.45) is 0. The molecule has 4 rings (SSSR count). The number of thiophene rings is 1. The number of nitrogens with zero attached hydrogens (tertiary/aromatic N) is 2. The Kier molecular flexibility index (Phi) is 6.31. The Morgan fingerprint density at radius 3 is 2.77 bits per heavy atom. The first-order valence-electron chi connectivity index (χ1n) is 9.43. The van der Waals surface area contributed by atoms with E-state index < -0.39 is 17.7 Å². The zero-order chi connectivity index (χ0) is 21.1. The molecule has 0 atom stereocenters. The highest BCUT2D eigenvalue weighted by atomic mass is 32.2. The van der Waals surface area contributed by atoms with Crippen molar-refractivity contribution in [1.29, 1.82) is 0 Å². The molecule has 0 saturated carbocycles. The number of benzene rings is 1. The molecule has 156 valence electrons. The summed E-state index contributed by atoms with van der Waals surface area (Å²) in [5.41, 5.74) is 1.41. The third-order valence-electron chi connectivity index (χ3n) is 4.80. The van der Waals surface area contributed by atoms with Gasteiger partial charge in [0.2, 0.25) is 0 Å². The minimum absolute atomic E-state index is 0.165. The van der Waals surface area contributed by atoms with Gasteiger partial charge in [0.15, 0.2) is 0 Å². The van der Waals surface area contributed by atoms with E-state index in [1.165, 1.54) is 36.6 Å². The van der Waals surface area contributed by atoms with Crippen molar-refractivity contribution in [1.82, 2.24) is 9.88 Å². The van der Waals surface area contributed by atoms with Crippen molar-refractivity contribution in [2.75, 3.05) is 37.0 Å². The first kappa shape index (κ1) is 20.8. The molecule has 1 aliphatic rings. The maximum absolute atomic E-state index is 13.5. The van der Waals surface area contributed by atoms with E-state index in [1.54, 1.807) is 0 Å². The minimum atomic E-state index is -0.554. The molecule has 1 N–H and O–H groups in total. The second-order valence-electron chi connectivity index (χ2n) is 6.81. The highest BCUT2D eigenvalue weighted by molar-refractivity contribution is 7.99. The van der Waals surface area contributed by atoms with Crippen LogP contribution in [0.3, 0.4) is 0 Å². The Morgan fingerprint density at radius 2 is 2.03 bits per heavy atom. The summed E-state index contributed by atoms with van der Waals surface area (Å²) in [6, 6.07) is 9.16. The van der Waals surface area contributed by atoms with E-state index in [9.17, 15) is 14.0 Å². The quantitative estimate of drug-likeness (QED) is 0.598. The molecule has 0 aliphatic carbocycles. The fourth-order valence-electron chi connectivity index (χ4n) is 3.27. The standard InChI is InChI=1S/C21H20FN3O3S2/c1-28-21(27)18-17(24-19(26)13-3-2-4-14(22)11-13)16-6-5-15(23-20(16)30-18)12-25-7-9-29-10-8-25/h2-6,11H,7-10,12H2,1H3,(H,24,26). The molecule has 30 heavy (non-hydrogen) atoms. The Morgan fingerprint density at radius 1 is 1.23 bits per heavy atom. The predicted octanol–water partition coefficient (Wildman–Crippen LogP) is 4.02. The molecule has 0 bridgehead atoms. The van der Waals surface area contributed by atoms with Crippen LogP contribution in [-0.4, -0.2) is 53.5 Å². The maximum atomic E-state index is 13.5. The lowest BCUT2D eigenvalue weighted by molar-refractivity contribution is 0.0607. The van der Waals surface area contributed by atoms with Gasteiger partial charge >= 0.3 is 5.97 Å². The topological polar surface area (TPSA) is 71.5 Å². The van der Waals surface area contributed by atoms with Crippen molar-refractivity contribution in [2.45, 2.75) is 6.54 Å². The Labute approximate surface area is 181 Å². The number of halogens is 1. The SMILES string of the molecule is COC(=O)c1sc2nc(CN3CCSCC3)ccc2c1NC(=O)c1cccc(F)c1. The first-order valence-corrected chi connectivity index (χ1v) is 11.4.